The summed E-state index contributed by atoms with van der Waals surface area (Å²) in [5.74, 6) is 0. The van der Waals surface area contributed by atoms with E-state index in [0.29, 0.717) is 5.56 Å². The van der Waals surface area contributed by atoms with E-state index in [1.807, 2.05) is 19.1 Å². The lowest BCUT2D eigenvalue weighted by Gasteiger charge is -2.12. The molecule has 0 amide bonds. The van der Waals surface area contributed by atoms with Crippen molar-refractivity contribution in [1.29, 1.82) is 0 Å². The zero-order chi connectivity index (χ0) is 12.2. The van der Waals surface area contributed by atoms with Gasteiger partial charge in [-0.25, -0.2) is 0 Å². The van der Waals surface area contributed by atoms with Gasteiger partial charge in [0, 0.05) is 6.54 Å². The molecule has 0 aromatic heterocycles. The summed E-state index contributed by atoms with van der Waals surface area (Å²) in [5.41, 5.74) is 1.68. The van der Waals surface area contributed by atoms with Crippen LogP contribution in [0, 0.1) is 0 Å². The third kappa shape index (κ3) is 4.00. The molecular formula is C10H15BrNO3P. The zero-order valence-electron chi connectivity index (χ0n) is 8.93. The van der Waals surface area contributed by atoms with Gasteiger partial charge in [0.25, 0.3) is 0 Å². The van der Waals surface area contributed by atoms with Crippen LogP contribution in [-0.2, 0) is 11.1 Å². The van der Waals surface area contributed by atoms with E-state index >= 15 is 0 Å². The Bertz CT molecular complexity index is 376. The third-order valence-electron chi connectivity index (χ3n) is 2.13. The number of benzene rings is 1. The first-order valence-corrected chi connectivity index (χ1v) is 7.53. The summed E-state index contributed by atoms with van der Waals surface area (Å²) >= 11 is 3.00. The fraction of sp³-hybridized carbons (Fsp3) is 0.400. The minimum atomic E-state index is -4.11. The third-order valence-corrected chi connectivity index (χ3v) is 5.15. The van der Waals surface area contributed by atoms with Crippen LogP contribution in [0.25, 0.3) is 0 Å². The van der Waals surface area contributed by atoms with Gasteiger partial charge < -0.3 is 15.1 Å². The first-order valence-electron chi connectivity index (χ1n) is 4.94. The van der Waals surface area contributed by atoms with Gasteiger partial charge in [0.15, 0.2) is 0 Å². The fourth-order valence-corrected chi connectivity index (χ4v) is 2.12. The SMILES string of the molecule is CCNCc1ccc(C(Br)P(=O)(O)O)cc1. The van der Waals surface area contributed by atoms with Crippen LogP contribution in [0.15, 0.2) is 24.3 Å². The molecule has 3 N–H and O–H groups in total. The Morgan fingerprint density at radius 2 is 1.94 bits per heavy atom. The Labute approximate surface area is 103 Å². The van der Waals surface area contributed by atoms with E-state index in [4.69, 9.17) is 9.79 Å². The Kier molecular flexibility index (Phi) is 5.15. The molecule has 0 bridgehead atoms. The molecule has 1 atom stereocenters. The van der Waals surface area contributed by atoms with Gasteiger partial charge >= 0.3 is 7.60 Å². The van der Waals surface area contributed by atoms with Crippen LogP contribution in [0.1, 0.15) is 22.6 Å². The largest absolute Gasteiger partial charge is 0.343 e. The molecule has 1 aromatic rings. The predicted octanol–water partition coefficient (Wildman–Crippen LogP) is 2.37. The lowest BCUT2D eigenvalue weighted by Crippen LogP contribution is -2.11. The summed E-state index contributed by atoms with van der Waals surface area (Å²) in [6.07, 6.45) is 0. The van der Waals surface area contributed by atoms with Crippen LogP contribution in [-0.4, -0.2) is 16.3 Å². The quantitative estimate of drug-likeness (QED) is 0.577. The highest BCUT2D eigenvalue weighted by molar-refractivity contribution is 9.10. The maximum Gasteiger partial charge on any atom is 0.343 e. The van der Waals surface area contributed by atoms with Crippen molar-refractivity contribution in [2.24, 2.45) is 0 Å². The molecule has 0 aliphatic carbocycles. The first kappa shape index (κ1) is 13.9. The highest BCUT2D eigenvalue weighted by atomic mass is 79.9. The standard InChI is InChI=1S/C10H15BrNO3P/c1-2-12-7-8-3-5-9(6-4-8)10(11)16(13,14)15/h3-6,10,12H,2,7H2,1H3,(H2,13,14,15). The highest BCUT2D eigenvalue weighted by Gasteiger charge is 2.27. The number of alkyl halides is 1. The number of hydrogen-bond acceptors (Lipinski definition) is 2. The van der Waals surface area contributed by atoms with E-state index < -0.39 is 12.2 Å². The van der Waals surface area contributed by atoms with Crippen molar-refractivity contribution < 1.29 is 14.4 Å². The molecule has 0 saturated heterocycles. The maximum atomic E-state index is 11.0. The molecule has 4 nitrogen and oxygen atoms in total. The molecule has 6 heteroatoms. The highest BCUT2D eigenvalue weighted by Crippen LogP contribution is 2.55. The minimum absolute atomic E-state index is 0.591. The molecule has 1 unspecified atom stereocenters. The molecule has 0 heterocycles. The second-order valence-electron chi connectivity index (χ2n) is 3.45. The summed E-state index contributed by atoms with van der Waals surface area (Å²) in [5, 5.41) is 3.18. The Balaban J connectivity index is 2.75. The Morgan fingerprint density at radius 1 is 1.38 bits per heavy atom. The van der Waals surface area contributed by atoms with E-state index in [0.717, 1.165) is 18.7 Å². The Hall–Kier alpha value is -0.190. The molecule has 0 aliphatic rings. The number of hydrogen-bond donors (Lipinski definition) is 3. The van der Waals surface area contributed by atoms with Crippen molar-refractivity contribution in [1.82, 2.24) is 5.32 Å². The molecule has 90 valence electrons. The predicted molar refractivity (Wildman–Crippen MR) is 67.5 cm³/mol. The van der Waals surface area contributed by atoms with Crippen LogP contribution < -0.4 is 5.32 Å². The summed E-state index contributed by atoms with van der Waals surface area (Å²) in [7, 11) is -4.11. The van der Waals surface area contributed by atoms with Crippen LogP contribution in [0.2, 0.25) is 0 Å². The van der Waals surface area contributed by atoms with Gasteiger partial charge in [-0.3, -0.25) is 4.57 Å². The van der Waals surface area contributed by atoms with E-state index in [1.54, 1.807) is 12.1 Å². The second kappa shape index (κ2) is 5.94. The summed E-state index contributed by atoms with van der Waals surface area (Å²) in [4.78, 5) is 18.0. The van der Waals surface area contributed by atoms with Crippen molar-refractivity contribution in [3.8, 4) is 0 Å². The van der Waals surface area contributed by atoms with Crippen LogP contribution in [0.5, 0.6) is 0 Å². The number of rotatable bonds is 5. The molecule has 1 aromatic carbocycles. The van der Waals surface area contributed by atoms with Crippen molar-refractivity contribution in [2.45, 2.75) is 18.0 Å². The topological polar surface area (TPSA) is 69.6 Å². The van der Waals surface area contributed by atoms with Gasteiger partial charge in [-0.05, 0) is 17.7 Å². The average Bonchev–Trinajstić information content (AvgIpc) is 2.25. The first-order chi connectivity index (χ1) is 7.45. The van der Waals surface area contributed by atoms with Gasteiger partial charge in [0.05, 0.1) is 0 Å². The average molecular weight is 308 g/mol. The second-order valence-corrected chi connectivity index (χ2v) is 6.76. The van der Waals surface area contributed by atoms with E-state index in [1.165, 1.54) is 0 Å². The summed E-state index contributed by atoms with van der Waals surface area (Å²) in [6.45, 7) is 3.68. The van der Waals surface area contributed by atoms with Crippen molar-refractivity contribution in [2.75, 3.05) is 6.54 Å². The zero-order valence-corrected chi connectivity index (χ0v) is 11.4. The molecular weight excluding hydrogens is 293 g/mol. The minimum Gasteiger partial charge on any atom is -0.323 e. The van der Waals surface area contributed by atoms with Gasteiger partial charge in [-0.2, -0.15) is 0 Å². The molecule has 0 fully saturated rings. The Morgan fingerprint density at radius 3 is 2.38 bits per heavy atom. The summed E-state index contributed by atoms with van der Waals surface area (Å²) < 4.78 is 10.1. The molecule has 16 heavy (non-hydrogen) atoms. The van der Waals surface area contributed by atoms with Crippen molar-refractivity contribution >= 4 is 23.5 Å². The van der Waals surface area contributed by atoms with Crippen LogP contribution in [0.4, 0.5) is 0 Å². The molecule has 0 spiro atoms. The smallest absolute Gasteiger partial charge is 0.323 e. The van der Waals surface area contributed by atoms with Gasteiger partial charge in [0.2, 0.25) is 0 Å². The molecule has 0 saturated carbocycles. The lowest BCUT2D eigenvalue weighted by atomic mass is 10.1. The monoisotopic (exact) mass is 307 g/mol. The van der Waals surface area contributed by atoms with E-state index in [-0.39, 0.29) is 0 Å². The molecule has 1 rings (SSSR count). The normalized spacial score (nSPS) is 13.8. The lowest BCUT2D eigenvalue weighted by molar-refractivity contribution is 0.371. The number of halogens is 1. The fourth-order valence-electron chi connectivity index (χ4n) is 1.26. The van der Waals surface area contributed by atoms with Crippen LogP contribution >= 0.6 is 23.5 Å². The van der Waals surface area contributed by atoms with Gasteiger partial charge in [-0.1, -0.05) is 47.1 Å². The number of nitrogens with one attached hydrogen (secondary N) is 1. The van der Waals surface area contributed by atoms with Crippen LogP contribution in [0.3, 0.4) is 0 Å². The van der Waals surface area contributed by atoms with Crippen molar-refractivity contribution in [3.63, 3.8) is 0 Å². The molecule has 0 radical (unpaired) electrons. The summed E-state index contributed by atoms with van der Waals surface area (Å²) in [6, 6.07) is 7.18. The van der Waals surface area contributed by atoms with E-state index in [2.05, 4.69) is 21.2 Å². The maximum absolute atomic E-state index is 11.0. The van der Waals surface area contributed by atoms with Gasteiger partial charge in [0.1, 0.15) is 4.57 Å². The van der Waals surface area contributed by atoms with Gasteiger partial charge in [-0.15, -0.1) is 0 Å². The van der Waals surface area contributed by atoms with Crippen molar-refractivity contribution in [3.05, 3.63) is 35.4 Å². The van der Waals surface area contributed by atoms with E-state index in [9.17, 15) is 4.57 Å². The molecule has 0 aliphatic heterocycles.